The normalized spacial score (nSPS) is 10.3. The van der Waals surface area contributed by atoms with Crippen molar-refractivity contribution in [2.45, 2.75) is 79.1 Å². The molecule has 0 aromatic carbocycles. The topological polar surface area (TPSA) is 47.6 Å². The van der Waals surface area contributed by atoms with Crippen LogP contribution in [-0.2, 0) is 0 Å². The first-order valence-corrected chi connectivity index (χ1v) is 9.77. The van der Waals surface area contributed by atoms with E-state index in [1.165, 1.54) is 82.0 Å². The number of hydrogen-bond donors (Lipinski definition) is 0. The van der Waals surface area contributed by atoms with Crippen molar-refractivity contribution in [1.82, 2.24) is 0 Å². The van der Waals surface area contributed by atoms with Crippen LogP contribution in [0.15, 0.2) is 0 Å². The summed E-state index contributed by atoms with van der Waals surface area (Å²) in [6.07, 6.45) is 11.1. The molecule has 0 aromatic heterocycles. The maximum atomic E-state index is 7.56. The lowest BCUT2D eigenvalue weighted by Gasteiger charge is -2.39. The Morgan fingerprint density at radius 2 is 0.909 bits per heavy atom. The van der Waals surface area contributed by atoms with Crippen LogP contribution in [0.5, 0.6) is 0 Å². The van der Waals surface area contributed by atoms with Gasteiger partial charge in [0.25, 0.3) is 0 Å². The molecule has 22 heavy (non-hydrogen) atoms. The van der Waals surface area contributed by atoms with Gasteiger partial charge in [0, 0.05) is 0 Å². The molecule has 0 fully saturated rings. The molecule has 0 saturated heterocycles. The summed E-state index contributed by atoms with van der Waals surface area (Å²) in [7, 11) is 0. The van der Waals surface area contributed by atoms with Crippen LogP contribution >= 0.6 is 11.8 Å². The zero-order chi connectivity index (χ0) is 17.1. The summed E-state index contributed by atoms with van der Waals surface area (Å²) in [6.45, 7) is 15.0. The number of nitrogens with zero attached hydrogens (tertiary/aromatic N) is 3. The third-order valence-electron chi connectivity index (χ3n) is 4.04. The fourth-order valence-corrected chi connectivity index (χ4v) is 2.71. The third kappa shape index (κ3) is 14.2. The number of rotatable bonds is 12. The van der Waals surface area contributed by atoms with Gasteiger partial charge in [-0.3, -0.25) is 0 Å². The molecule has 0 bridgehead atoms. The Bertz CT molecular complexity index is 255. The minimum absolute atomic E-state index is 0.574. The van der Waals surface area contributed by atoms with Crippen LogP contribution in [0, 0.1) is 21.3 Å². The van der Waals surface area contributed by atoms with Crippen LogP contribution in [0.2, 0.25) is 0 Å². The maximum absolute atomic E-state index is 7.56. The second kappa shape index (κ2) is 18.3. The molecule has 0 aliphatic carbocycles. The van der Waals surface area contributed by atoms with Crippen molar-refractivity contribution in [3.05, 3.63) is 0 Å². The number of hydrogen-bond acceptors (Lipinski definition) is 3. The molecule has 0 saturated carbocycles. The zero-order valence-corrected chi connectivity index (χ0v) is 16.1. The van der Waals surface area contributed by atoms with Gasteiger partial charge < -0.3 is 4.48 Å². The fourth-order valence-electron chi connectivity index (χ4n) is 2.67. The Balaban J connectivity index is 0. The van der Waals surface area contributed by atoms with Crippen molar-refractivity contribution < 1.29 is 4.48 Å². The molecule has 0 heterocycles. The predicted octanol–water partition coefficient (Wildman–Crippen LogP) is 5.69. The summed E-state index contributed by atoms with van der Waals surface area (Å²) >= 11 is 0.574. The summed E-state index contributed by atoms with van der Waals surface area (Å²) in [5, 5.41) is 18.3. The van der Waals surface area contributed by atoms with Crippen molar-refractivity contribution in [2.75, 3.05) is 26.2 Å². The molecular weight excluding hydrogens is 290 g/mol. The molecular formula is C18H36N3S+. The lowest BCUT2D eigenvalue weighted by Crippen LogP contribution is -2.50. The Hall–Kier alpha value is -0.710. The van der Waals surface area contributed by atoms with E-state index in [0.29, 0.717) is 11.8 Å². The predicted molar refractivity (Wildman–Crippen MR) is 98.2 cm³/mol. The van der Waals surface area contributed by atoms with Crippen molar-refractivity contribution in [3.63, 3.8) is 0 Å². The molecule has 0 amide bonds. The molecule has 4 heteroatoms. The van der Waals surface area contributed by atoms with Crippen LogP contribution < -0.4 is 0 Å². The Kier molecular flexibility index (Phi) is 19.6. The van der Waals surface area contributed by atoms with E-state index in [4.69, 9.17) is 10.5 Å². The number of unbranched alkanes of at least 4 members (excludes halogenated alkanes) is 4. The van der Waals surface area contributed by atoms with Crippen LogP contribution in [-0.4, -0.2) is 30.7 Å². The minimum atomic E-state index is 0.574. The molecule has 0 atom stereocenters. The first-order valence-electron chi connectivity index (χ1n) is 8.95. The van der Waals surface area contributed by atoms with E-state index >= 15 is 0 Å². The number of thioether (sulfide) groups is 1. The second-order valence-electron chi connectivity index (χ2n) is 5.93. The van der Waals surface area contributed by atoms with E-state index in [0.717, 1.165) is 0 Å². The SMILES string of the molecule is CCCC[N+](CCCC)(CCCC)CCCC.N#CSC#N. The molecule has 0 rings (SSSR count). The lowest BCUT2D eigenvalue weighted by molar-refractivity contribution is -0.929. The highest BCUT2D eigenvalue weighted by Crippen LogP contribution is 2.16. The first kappa shape index (κ1) is 23.6. The number of thiocyanates is 2. The number of nitriles is 2. The third-order valence-corrected chi connectivity index (χ3v) is 4.22. The molecule has 0 spiro atoms. The van der Waals surface area contributed by atoms with E-state index in [-0.39, 0.29) is 0 Å². The van der Waals surface area contributed by atoms with E-state index in [1.54, 1.807) is 10.8 Å². The quantitative estimate of drug-likeness (QED) is 0.342. The van der Waals surface area contributed by atoms with Gasteiger partial charge in [0.2, 0.25) is 0 Å². The van der Waals surface area contributed by atoms with E-state index in [9.17, 15) is 0 Å². The molecule has 0 radical (unpaired) electrons. The highest BCUT2D eigenvalue weighted by Gasteiger charge is 2.24. The number of quaternary nitrogens is 1. The summed E-state index contributed by atoms with van der Waals surface area (Å²) in [4.78, 5) is 0. The highest BCUT2D eigenvalue weighted by molar-refractivity contribution is 8.07. The Labute approximate surface area is 143 Å². The molecule has 0 unspecified atom stereocenters. The van der Waals surface area contributed by atoms with Crippen LogP contribution in [0.3, 0.4) is 0 Å². The highest BCUT2D eigenvalue weighted by atomic mass is 32.2. The molecule has 0 aliphatic heterocycles. The van der Waals surface area contributed by atoms with E-state index in [1.807, 2.05) is 0 Å². The Morgan fingerprint density at radius 3 is 1.05 bits per heavy atom. The zero-order valence-electron chi connectivity index (χ0n) is 15.2. The first-order chi connectivity index (χ1) is 10.7. The maximum Gasteiger partial charge on any atom is 0.149 e. The van der Waals surface area contributed by atoms with Crippen LogP contribution in [0.1, 0.15) is 79.1 Å². The lowest BCUT2D eigenvalue weighted by atomic mass is 10.1. The van der Waals surface area contributed by atoms with Crippen molar-refractivity contribution in [2.24, 2.45) is 0 Å². The molecule has 3 nitrogen and oxygen atoms in total. The van der Waals surface area contributed by atoms with Crippen molar-refractivity contribution in [1.29, 1.82) is 10.5 Å². The van der Waals surface area contributed by atoms with Gasteiger partial charge in [-0.2, -0.15) is 10.5 Å². The largest absolute Gasteiger partial charge is 0.324 e. The van der Waals surface area contributed by atoms with E-state index in [2.05, 4.69) is 27.7 Å². The van der Waals surface area contributed by atoms with Gasteiger partial charge in [-0.05, 0) is 25.7 Å². The van der Waals surface area contributed by atoms with Gasteiger partial charge in [0.15, 0.2) is 0 Å². The monoisotopic (exact) mass is 326 g/mol. The van der Waals surface area contributed by atoms with E-state index < -0.39 is 0 Å². The van der Waals surface area contributed by atoms with Gasteiger partial charge >= 0.3 is 0 Å². The minimum Gasteiger partial charge on any atom is -0.324 e. The summed E-state index contributed by atoms with van der Waals surface area (Å²) < 4.78 is 1.42. The smallest absolute Gasteiger partial charge is 0.149 e. The van der Waals surface area contributed by atoms with Gasteiger partial charge in [-0.25, -0.2) is 0 Å². The average Bonchev–Trinajstić information content (AvgIpc) is 2.55. The Morgan fingerprint density at radius 1 is 0.636 bits per heavy atom. The molecule has 0 aromatic rings. The molecule has 0 aliphatic rings. The summed E-state index contributed by atoms with van der Waals surface area (Å²) in [5.41, 5.74) is 0. The van der Waals surface area contributed by atoms with Crippen molar-refractivity contribution >= 4 is 11.8 Å². The fraction of sp³-hybridized carbons (Fsp3) is 0.889. The molecule has 128 valence electrons. The standard InChI is InChI=1S/C16H36N.C2N2S/c1-5-9-13-17(14-10-6-2,15-11-7-3)16-12-8-4;3-1-5-2-4/h5-16H2,1-4H3;/q+1;. The summed E-state index contributed by atoms with van der Waals surface area (Å²) in [6, 6.07) is 0. The van der Waals surface area contributed by atoms with Crippen LogP contribution in [0.25, 0.3) is 0 Å². The second-order valence-corrected chi connectivity index (χ2v) is 6.50. The summed E-state index contributed by atoms with van der Waals surface area (Å²) in [5.74, 6) is 0. The molecule has 0 N–H and O–H groups in total. The van der Waals surface area contributed by atoms with Gasteiger partial charge in [0.1, 0.15) is 10.8 Å². The van der Waals surface area contributed by atoms with Gasteiger partial charge in [-0.15, -0.1) is 0 Å². The van der Waals surface area contributed by atoms with Gasteiger partial charge in [0.05, 0.1) is 37.9 Å². The van der Waals surface area contributed by atoms with Crippen molar-refractivity contribution in [3.8, 4) is 10.8 Å². The van der Waals surface area contributed by atoms with Gasteiger partial charge in [-0.1, -0.05) is 53.4 Å². The average molecular weight is 327 g/mol. The van der Waals surface area contributed by atoms with Crippen LogP contribution in [0.4, 0.5) is 0 Å².